The number of carbonyl (C=O) groups excluding carboxylic acids is 3. The van der Waals surface area contributed by atoms with Crippen LogP contribution in [0, 0.1) is 17.3 Å². The van der Waals surface area contributed by atoms with Gasteiger partial charge in [0.1, 0.15) is 6.10 Å². The number of carbonyl (C=O) groups is 3. The molecule has 190 valence electrons. The highest BCUT2D eigenvalue weighted by Crippen LogP contribution is 2.64. The lowest BCUT2D eigenvalue weighted by molar-refractivity contribution is -0.154. The van der Waals surface area contributed by atoms with Crippen LogP contribution in [-0.2, 0) is 24.0 Å². The molecule has 5 atom stereocenters. The van der Waals surface area contributed by atoms with E-state index in [1.165, 1.54) is 42.3 Å². The van der Waals surface area contributed by atoms with Gasteiger partial charge in [-0.3, -0.25) is 9.59 Å². The quantitative estimate of drug-likeness (QED) is 0.193. The SMILES string of the molecule is CC(=O)O/N=C/c1ccc([C@H]2C[C@@]3(C)C(CC[C@@H]3OC(C)=O)C3CCC4=C(Br)C(=O)CCC4=C32)cc1. The Labute approximate surface area is 220 Å². The average molecular weight is 554 g/mol. The molecule has 0 N–H and O–H groups in total. The summed E-state index contributed by atoms with van der Waals surface area (Å²) in [5.74, 6) is 0.621. The summed E-state index contributed by atoms with van der Waals surface area (Å²) in [5.41, 5.74) is 6.04. The number of halogens is 1. The molecule has 4 aliphatic rings. The second-order valence-corrected chi connectivity index (χ2v) is 11.6. The molecule has 5 rings (SSSR count). The first-order valence-corrected chi connectivity index (χ1v) is 13.6. The Hall–Kier alpha value is -2.54. The fourth-order valence-electron chi connectivity index (χ4n) is 7.33. The normalized spacial score (nSPS) is 31.7. The molecule has 2 unspecified atom stereocenters. The second kappa shape index (κ2) is 9.73. The summed E-state index contributed by atoms with van der Waals surface area (Å²) in [5, 5.41) is 3.73. The van der Waals surface area contributed by atoms with Crippen LogP contribution >= 0.6 is 15.9 Å². The Bertz CT molecular complexity index is 1200. The van der Waals surface area contributed by atoms with Crippen LogP contribution < -0.4 is 0 Å². The molecule has 6 nitrogen and oxygen atoms in total. The van der Waals surface area contributed by atoms with Crippen molar-refractivity contribution in [1.29, 1.82) is 0 Å². The lowest BCUT2D eigenvalue weighted by atomic mass is 9.53. The maximum atomic E-state index is 12.5. The summed E-state index contributed by atoms with van der Waals surface area (Å²) < 4.78 is 6.66. The Balaban J connectivity index is 1.57. The van der Waals surface area contributed by atoms with Gasteiger partial charge in [-0.15, -0.1) is 0 Å². The van der Waals surface area contributed by atoms with Crippen molar-refractivity contribution in [3.8, 4) is 0 Å². The molecule has 1 aromatic rings. The Kier molecular flexibility index (Phi) is 6.79. The van der Waals surface area contributed by atoms with Crippen LogP contribution in [0.3, 0.4) is 0 Å². The van der Waals surface area contributed by atoms with Gasteiger partial charge in [0.15, 0.2) is 5.78 Å². The van der Waals surface area contributed by atoms with Crippen LogP contribution in [0.25, 0.3) is 0 Å². The predicted molar refractivity (Wildman–Crippen MR) is 139 cm³/mol. The van der Waals surface area contributed by atoms with Gasteiger partial charge in [-0.1, -0.05) is 41.9 Å². The molecule has 0 amide bonds. The molecule has 2 saturated carbocycles. The minimum absolute atomic E-state index is 0.0687. The van der Waals surface area contributed by atoms with Crippen LogP contribution in [0.2, 0.25) is 0 Å². The van der Waals surface area contributed by atoms with E-state index in [1.54, 1.807) is 0 Å². The first-order valence-electron chi connectivity index (χ1n) is 12.8. The van der Waals surface area contributed by atoms with Crippen LogP contribution in [-0.4, -0.2) is 30.0 Å². The fourth-order valence-corrected chi connectivity index (χ4v) is 7.97. The van der Waals surface area contributed by atoms with Crippen molar-refractivity contribution in [2.45, 2.75) is 77.7 Å². The van der Waals surface area contributed by atoms with Gasteiger partial charge in [-0.2, -0.15) is 0 Å². The molecule has 0 bridgehead atoms. The molecule has 0 spiro atoms. The molecular formula is C29H32BrNO5. The number of allylic oxidation sites excluding steroid dienone is 4. The maximum Gasteiger partial charge on any atom is 0.331 e. The predicted octanol–water partition coefficient (Wildman–Crippen LogP) is 6.14. The topological polar surface area (TPSA) is 82.0 Å². The third-order valence-electron chi connectivity index (χ3n) is 8.79. The fraction of sp³-hybridized carbons (Fsp3) is 0.517. The van der Waals surface area contributed by atoms with E-state index in [-0.39, 0.29) is 29.2 Å². The van der Waals surface area contributed by atoms with Gasteiger partial charge < -0.3 is 9.57 Å². The van der Waals surface area contributed by atoms with E-state index in [1.807, 2.05) is 12.1 Å². The van der Waals surface area contributed by atoms with Crippen LogP contribution in [0.15, 0.2) is 50.6 Å². The third kappa shape index (κ3) is 4.40. The van der Waals surface area contributed by atoms with Crippen molar-refractivity contribution in [2.75, 3.05) is 0 Å². The zero-order chi connectivity index (χ0) is 25.6. The molecule has 2 fully saturated rings. The zero-order valence-corrected chi connectivity index (χ0v) is 22.6. The summed E-state index contributed by atoms with van der Waals surface area (Å²) in [6, 6.07) is 8.25. The monoisotopic (exact) mass is 553 g/mol. The molecule has 0 saturated heterocycles. The van der Waals surface area contributed by atoms with Crippen LogP contribution in [0.5, 0.6) is 0 Å². The summed E-state index contributed by atoms with van der Waals surface area (Å²) in [4.78, 5) is 40.1. The van der Waals surface area contributed by atoms with E-state index >= 15 is 0 Å². The Morgan fingerprint density at radius 2 is 1.78 bits per heavy atom. The molecule has 0 aliphatic heterocycles. The molecule has 36 heavy (non-hydrogen) atoms. The summed E-state index contributed by atoms with van der Waals surface area (Å²) in [7, 11) is 0. The number of hydrogen-bond acceptors (Lipinski definition) is 6. The number of ether oxygens (including phenoxy) is 1. The van der Waals surface area contributed by atoms with Gasteiger partial charge in [0.25, 0.3) is 0 Å². The number of ketones is 1. The number of hydrogen-bond donors (Lipinski definition) is 0. The summed E-state index contributed by atoms with van der Waals surface area (Å²) >= 11 is 3.62. The number of oxime groups is 1. The first-order chi connectivity index (χ1) is 17.2. The van der Waals surface area contributed by atoms with Crippen molar-refractivity contribution < 1.29 is 24.0 Å². The number of nitrogens with zero attached hydrogens (tertiary/aromatic N) is 1. The summed E-state index contributed by atoms with van der Waals surface area (Å²) in [6.07, 6.45) is 7.63. The van der Waals surface area contributed by atoms with Crippen molar-refractivity contribution in [3.05, 3.63) is 56.6 Å². The van der Waals surface area contributed by atoms with Gasteiger partial charge >= 0.3 is 11.9 Å². The number of esters is 1. The van der Waals surface area contributed by atoms with E-state index < -0.39 is 5.97 Å². The second-order valence-electron chi connectivity index (χ2n) is 10.8. The van der Waals surface area contributed by atoms with Gasteiger partial charge in [0.05, 0.1) is 10.7 Å². The highest BCUT2D eigenvalue weighted by Gasteiger charge is 2.58. The van der Waals surface area contributed by atoms with E-state index in [0.717, 1.165) is 48.6 Å². The van der Waals surface area contributed by atoms with Crippen molar-refractivity contribution in [1.82, 2.24) is 0 Å². The lowest BCUT2D eigenvalue weighted by Gasteiger charge is -2.52. The smallest absolute Gasteiger partial charge is 0.331 e. The largest absolute Gasteiger partial charge is 0.462 e. The molecule has 0 aromatic heterocycles. The van der Waals surface area contributed by atoms with Gasteiger partial charge in [0, 0.05) is 31.6 Å². The number of benzene rings is 1. The standard InChI is InChI=1S/C29H32BrNO5/c1-16(32)35-26-13-11-24-22-9-8-21-20(10-12-25(34)28(21)30)27(22)23(14-29(24,26)3)19-6-4-18(5-7-19)15-31-36-17(2)33/h4-7,15,22-24,26H,8-14H2,1-3H3/b31-15+/t22?,23-,24?,26+,29+/m1/s1. The summed E-state index contributed by atoms with van der Waals surface area (Å²) in [6.45, 7) is 5.14. The maximum absolute atomic E-state index is 12.5. The first kappa shape index (κ1) is 25.1. The molecule has 7 heteroatoms. The van der Waals surface area contributed by atoms with E-state index in [0.29, 0.717) is 18.3 Å². The van der Waals surface area contributed by atoms with E-state index in [4.69, 9.17) is 4.74 Å². The highest BCUT2D eigenvalue weighted by molar-refractivity contribution is 9.12. The molecule has 0 heterocycles. The highest BCUT2D eigenvalue weighted by atomic mass is 79.9. The van der Waals surface area contributed by atoms with Gasteiger partial charge in [-0.25, -0.2) is 4.79 Å². The molecular weight excluding hydrogens is 522 g/mol. The number of rotatable bonds is 4. The number of Topliss-reactive ketones (excluding diaryl/α,β-unsaturated/α-hetero) is 1. The average Bonchev–Trinajstić information content (AvgIpc) is 3.16. The van der Waals surface area contributed by atoms with Crippen molar-refractivity contribution in [3.63, 3.8) is 0 Å². The molecule has 1 aromatic carbocycles. The minimum atomic E-state index is -0.454. The van der Waals surface area contributed by atoms with Crippen LogP contribution in [0.1, 0.15) is 82.8 Å². The van der Waals surface area contributed by atoms with Crippen LogP contribution in [0.4, 0.5) is 0 Å². The van der Waals surface area contributed by atoms with Gasteiger partial charge in [-0.05, 0) is 88.6 Å². The zero-order valence-electron chi connectivity index (χ0n) is 21.0. The number of fused-ring (bicyclic) bond motifs is 4. The molecule has 0 radical (unpaired) electrons. The van der Waals surface area contributed by atoms with Gasteiger partial charge in [0.2, 0.25) is 0 Å². The van der Waals surface area contributed by atoms with E-state index in [2.05, 4.69) is 45.0 Å². The molecule has 4 aliphatic carbocycles. The van der Waals surface area contributed by atoms with E-state index in [9.17, 15) is 14.4 Å². The lowest BCUT2D eigenvalue weighted by Crippen LogP contribution is -2.46. The Morgan fingerprint density at radius 3 is 2.47 bits per heavy atom. The minimum Gasteiger partial charge on any atom is -0.462 e. The Morgan fingerprint density at radius 1 is 1.03 bits per heavy atom. The van der Waals surface area contributed by atoms with Crippen molar-refractivity contribution in [2.24, 2.45) is 22.4 Å². The van der Waals surface area contributed by atoms with Crippen molar-refractivity contribution >= 4 is 39.9 Å². The third-order valence-corrected chi connectivity index (χ3v) is 9.71.